The summed E-state index contributed by atoms with van der Waals surface area (Å²) in [6.07, 6.45) is -1.71. The lowest BCUT2D eigenvalue weighted by molar-refractivity contribution is -0.143. The van der Waals surface area contributed by atoms with Crippen molar-refractivity contribution in [2.24, 2.45) is 4.99 Å². The molecule has 1 aromatic carbocycles. The van der Waals surface area contributed by atoms with Crippen LogP contribution in [-0.4, -0.2) is 71.2 Å². The maximum absolute atomic E-state index is 12.6. The SMILES string of the molecule is CCN=C(NC1CCN(CC(F)(F)F)C1)N(C)Cc1ncc(-c2ccccc2)[nH]1. The van der Waals surface area contributed by atoms with Crippen molar-refractivity contribution in [3.05, 3.63) is 42.4 Å². The fourth-order valence-corrected chi connectivity index (χ4v) is 3.46. The molecule has 1 fully saturated rings. The maximum Gasteiger partial charge on any atom is 0.401 e. The third-order valence-electron chi connectivity index (χ3n) is 4.78. The van der Waals surface area contributed by atoms with Crippen molar-refractivity contribution in [2.45, 2.75) is 32.1 Å². The minimum atomic E-state index is -4.16. The summed E-state index contributed by atoms with van der Waals surface area (Å²) in [6, 6.07) is 9.88. The quantitative estimate of drug-likeness (QED) is 0.570. The maximum atomic E-state index is 12.6. The minimum absolute atomic E-state index is 0.0541. The third-order valence-corrected chi connectivity index (χ3v) is 4.78. The average molecular weight is 408 g/mol. The summed E-state index contributed by atoms with van der Waals surface area (Å²) in [5, 5.41) is 3.32. The normalized spacial score (nSPS) is 18.2. The molecule has 29 heavy (non-hydrogen) atoms. The molecule has 1 atom stereocenters. The summed E-state index contributed by atoms with van der Waals surface area (Å²) in [6.45, 7) is 2.95. The summed E-state index contributed by atoms with van der Waals surface area (Å²) >= 11 is 0. The van der Waals surface area contributed by atoms with E-state index in [1.165, 1.54) is 4.90 Å². The molecule has 3 rings (SSSR count). The first-order chi connectivity index (χ1) is 13.8. The van der Waals surface area contributed by atoms with E-state index in [9.17, 15) is 13.2 Å². The van der Waals surface area contributed by atoms with Gasteiger partial charge in [0.2, 0.25) is 0 Å². The van der Waals surface area contributed by atoms with Crippen molar-refractivity contribution >= 4 is 5.96 Å². The Morgan fingerprint density at radius 3 is 2.79 bits per heavy atom. The van der Waals surface area contributed by atoms with Gasteiger partial charge in [-0.15, -0.1) is 0 Å². The highest BCUT2D eigenvalue weighted by Gasteiger charge is 2.34. The number of H-pyrrole nitrogens is 1. The number of nitrogens with zero attached hydrogens (tertiary/aromatic N) is 4. The van der Waals surface area contributed by atoms with Crippen LogP contribution in [0.1, 0.15) is 19.2 Å². The van der Waals surface area contributed by atoms with Crippen LogP contribution in [0, 0.1) is 0 Å². The lowest BCUT2D eigenvalue weighted by atomic mass is 10.2. The number of imidazole rings is 1. The van der Waals surface area contributed by atoms with E-state index in [-0.39, 0.29) is 6.04 Å². The Hall–Kier alpha value is -2.55. The Bertz CT molecular complexity index is 802. The van der Waals surface area contributed by atoms with Gasteiger partial charge in [-0.05, 0) is 18.9 Å². The van der Waals surface area contributed by atoms with Crippen LogP contribution in [0.4, 0.5) is 13.2 Å². The number of benzene rings is 1. The summed E-state index contributed by atoms with van der Waals surface area (Å²) in [5.41, 5.74) is 2.00. The van der Waals surface area contributed by atoms with Gasteiger partial charge in [0.15, 0.2) is 5.96 Å². The largest absolute Gasteiger partial charge is 0.401 e. The molecule has 158 valence electrons. The molecule has 9 heteroatoms. The topological polar surface area (TPSA) is 59.6 Å². The monoisotopic (exact) mass is 408 g/mol. The molecule has 0 radical (unpaired) electrons. The van der Waals surface area contributed by atoms with Crippen molar-refractivity contribution in [3.8, 4) is 11.3 Å². The summed E-state index contributed by atoms with van der Waals surface area (Å²) in [4.78, 5) is 15.6. The zero-order chi connectivity index (χ0) is 20.9. The average Bonchev–Trinajstić information content (AvgIpc) is 3.30. The second-order valence-corrected chi connectivity index (χ2v) is 7.24. The van der Waals surface area contributed by atoms with E-state index in [1.54, 1.807) is 6.20 Å². The van der Waals surface area contributed by atoms with Gasteiger partial charge in [-0.1, -0.05) is 30.3 Å². The highest BCUT2D eigenvalue weighted by molar-refractivity contribution is 5.80. The van der Waals surface area contributed by atoms with Gasteiger partial charge in [0.1, 0.15) is 5.82 Å². The number of likely N-dealkylation sites (tertiary alicyclic amines) is 1. The Morgan fingerprint density at radius 2 is 2.10 bits per heavy atom. The van der Waals surface area contributed by atoms with Crippen LogP contribution >= 0.6 is 0 Å². The zero-order valence-corrected chi connectivity index (χ0v) is 16.7. The summed E-state index contributed by atoms with van der Waals surface area (Å²) in [7, 11) is 1.90. The van der Waals surface area contributed by atoms with Crippen molar-refractivity contribution in [1.82, 2.24) is 25.1 Å². The predicted molar refractivity (Wildman–Crippen MR) is 108 cm³/mol. The molecule has 6 nitrogen and oxygen atoms in total. The standard InChI is InChI=1S/C20H27F3N6/c1-3-24-19(26-16-9-10-29(12-16)14-20(21,22)23)28(2)13-18-25-11-17(27-18)15-7-5-4-6-8-15/h4-8,11,16H,3,9-10,12-14H2,1-2H3,(H,24,26)(H,25,27). The second kappa shape index (κ2) is 9.30. The Labute approximate surface area is 168 Å². The number of guanidine groups is 1. The van der Waals surface area contributed by atoms with Crippen LogP contribution in [0.5, 0.6) is 0 Å². The number of rotatable bonds is 6. The fourth-order valence-electron chi connectivity index (χ4n) is 3.46. The van der Waals surface area contributed by atoms with E-state index in [0.29, 0.717) is 38.6 Å². The Balaban J connectivity index is 1.58. The fraction of sp³-hybridized carbons (Fsp3) is 0.500. The Kier molecular flexibility index (Phi) is 6.79. The highest BCUT2D eigenvalue weighted by atomic mass is 19.4. The van der Waals surface area contributed by atoms with Crippen LogP contribution in [0.2, 0.25) is 0 Å². The molecule has 0 spiro atoms. The van der Waals surface area contributed by atoms with Gasteiger partial charge in [0.25, 0.3) is 0 Å². The summed E-state index contributed by atoms with van der Waals surface area (Å²) in [5.74, 6) is 1.46. The Morgan fingerprint density at radius 1 is 1.34 bits per heavy atom. The minimum Gasteiger partial charge on any atom is -0.352 e. The predicted octanol–water partition coefficient (Wildman–Crippen LogP) is 3.11. The number of halogens is 3. The van der Waals surface area contributed by atoms with Gasteiger partial charge in [0.05, 0.1) is 25.0 Å². The lowest BCUT2D eigenvalue weighted by Crippen LogP contribution is -2.46. The molecule has 0 saturated carbocycles. The lowest BCUT2D eigenvalue weighted by Gasteiger charge is -2.25. The molecule has 1 aromatic heterocycles. The van der Waals surface area contributed by atoms with E-state index in [4.69, 9.17) is 0 Å². The first kappa shape index (κ1) is 21.2. The molecular formula is C20H27F3N6. The number of aromatic nitrogens is 2. The van der Waals surface area contributed by atoms with Gasteiger partial charge in [-0.2, -0.15) is 13.2 Å². The molecule has 0 aliphatic carbocycles. The van der Waals surface area contributed by atoms with Gasteiger partial charge < -0.3 is 15.2 Å². The zero-order valence-electron chi connectivity index (χ0n) is 16.7. The van der Waals surface area contributed by atoms with Crippen molar-refractivity contribution in [2.75, 3.05) is 33.2 Å². The molecule has 0 amide bonds. The van der Waals surface area contributed by atoms with Gasteiger partial charge in [-0.3, -0.25) is 9.89 Å². The van der Waals surface area contributed by atoms with E-state index in [2.05, 4.69) is 20.3 Å². The molecule has 2 heterocycles. The van der Waals surface area contributed by atoms with Crippen molar-refractivity contribution in [1.29, 1.82) is 0 Å². The highest BCUT2D eigenvalue weighted by Crippen LogP contribution is 2.20. The molecular weight excluding hydrogens is 381 g/mol. The smallest absolute Gasteiger partial charge is 0.352 e. The molecule has 1 aliphatic rings. The van der Waals surface area contributed by atoms with E-state index in [1.807, 2.05) is 49.2 Å². The molecule has 0 bridgehead atoms. The molecule has 2 N–H and O–H groups in total. The number of hydrogen-bond acceptors (Lipinski definition) is 3. The van der Waals surface area contributed by atoms with Crippen molar-refractivity contribution in [3.63, 3.8) is 0 Å². The van der Waals surface area contributed by atoms with Crippen LogP contribution < -0.4 is 5.32 Å². The van der Waals surface area contributed by atoms with Crippen LogP contribution in [0.25, 0.3) is 11.3 Å². The first-order valence-corrected chi connectivity index (χ1v) is 9.74. The first-order valence-electron chi connectivity index (χ1n) is 9.74. The third kappa shape index (κ3) is 6.22. The van der Waals surface area contributed by atoms with Gasteiger partial charge >= 0.3 is 6.18 Å². The van der Waals surface area contributed by atoms with Crippen LogP contribution in [0.15, 0.2) is 41.5 Å². The summed E-state index contributed by atoms with van der Waals surface area (Å²) < 4.78 is 37.8. The van der Waals surface area contributed by atoms with Crippen molar-refractivity contribution < 1.29 is 13.2 Å². The molecule has 1 aliphatic heterocycles. The number of hydrogen-bond donors (Lipinski definition) is 2. The van der Waals surface area contributed by atoms with E-state index in [0.717, 1.165) is 17.1 Å². The number of aromatic amines is 1. The van der Waals surface area contributed by atoms with E-state index < -0.39 is 12.7 Å². The molecule has 1 unspecified atom stereocenters. The van der Waals surface area contributed by atoms with Crippen LogP contribution in [-0.2, 0) is 6.54 Å². The van der Waals surface area contributed by atoms with Gasteiger partial charge in [-0.25, -0.2) is 4.98 Å². The van der Waals surface area contributed by atoms with E-state index >= 15 is 0 Å². The second-order valence-electron chi connectivity index (χ2n) is 7.24. The number of aliphatic imine (C=N–C) groups is 1. The number of alkyl halides is 3. The number of nitrogens with one attached hydrogen (secondary N) is 2. The van der Waals surface area contributed by atoms with Crippen LogP contribution in [0.3, 0.4) is 0 Å². The molecule has 2 aromatic rings. The molecule has 1 saturated heterocycles. The van der Waals surface area contributed by atoms with Gasteiger partial charge in [0, 0.05) is 32.7 Å².